The smallest absolute Gasteiger partial charge is 0.170 e. The second kappa shape index (κ2) is 7.91. The third-order valence-corrected chi connectivity index (χ3v) is 6.99. The maximum atomic E-state index is 5.80. The van der Waals surface area contributed by atoms with Crippen LogP contribution in [0.3, 0.4) is 0 Å². The molecule has 156 valence electrons. The lowest BCUT2D eigenvalue weighted by atomic mass is 9.96. The molecule has 0 amide bonds. The van der Waals surface area contributed by atoms with E-state index in [1.165, 1.54) is 42.6 Å². The van der Waals surface area contributed by atoms with Crippen molar-refractivity contribution in [3.63, 3.8) is 0 Å². The van der Waals surface area contributed by atoms with E-state index in [0.717, 1.165) is 16.6 Å². The van der Waals surface area contributed by atoms with Gasteiger partial charge in [-0.3, -0.25) is 4.98 Å². The molecule has 0 aromatic carbocycles. The van der Waals surface area contributed by atoms with Crippen LogP contribution in [0.2, 0.25) is 0 Å². The Morgan fingerprint density at radius 1 is 1.17 bits per heavy atom. The van der Waals surface area contributed by atoms with E-state index in [4.69, 9.17) is 16.6 Å². The van der Waals surface area contributed by atoms with Crippen molar-refractivity contribution in [3.8, 4) is 0 Å². The highest BCUT2D eigenvalue weighted by atomic mass is 32.1. The fourth-order valence-corrected chi connectivity index (χ4v) is 5.62. The number of hydrogen-bond acceptors (Lipinski definition) is 3. The van der Waals surface area contributed by atoms with Crippen LogP contribution in [0.1, 0.15) is 72.2 Å². The molecular formula is C24H28N4OS. The Labute approximate surface area is 183 Å². The van der Waals surface area contributed by atoms with Gasteiger partial charge in [0.15, 0.2) is 5.11 Å². The molecule has 0 radical (unpaired) electrons. The monoisotopic (exact) mass is 420 g/mol. The highest BCUT2D eigenvalue weighted by Gasteiger charge is 2.42. The number of nitrogens with one attached hydrogen (secondary N) is 1. The fourth-order valence-electron chi connectivity index (χ4n) is 5.31. The lowest BCUT2D eigenvalue weighted by molar-refractivity contribution is 0.286. The zero-order valence-corrected chi connectivity index (χ0v) is 18.4. The van der Waals surface area contributed by atoms with Gasteiger partial charge in [0, 0.05) is 23.6 Å². The summed E-state index contributed by atoms with van der Waals surface area (Å²) in [5.74, 6) is 0.912. The van der Waals surface area contributed by atoms with Gasteiger partial charge in [-0.2, -0.15) is 0 Å². The maximum absolute atomic E-state index is 5.80. The van der Waals surface area contributed by atoms with Crippen molar-refractivity contribution in [2.24, 2.45) is 0 Å². The van der Waals surface area contributed by atoms with Crippen LogP contribution in [0.5, 0.6) is 0 Å². The first-order chi connectivity index (χ1) is 14.6. The predicted molar refractivity (Wildman–Crippen MR) is 121 cm³/mol. The van der Waals surface area contributed by atoms with Gasteiger partial charge in [-0.05, 0) is 74.8 Å². The van der Waals surface area contributed by atoms with E-state index in [0.29, 0.717) is 12.6 Å². The van der Waals surface area contributed by atoms with Gasteiger partial charge >= 0.3 is 0 Å². The highest BCUT2D eigenvalue weighted by Crippen LogP contribution is 2.43. The molecule has 6 heteroatoms. The topological polar surface area (TPSA) is 46.2 Å². The normalized spacial score (nSPS) is 22.1. The molecule has 2 atom stereocenters. The fraction of sp³-hybridized carbons (Fsp3) is 0.417. The summed E-state index contributed by atoms with van der Waals surface area (Å²) in [5.41, 5.74) is 5.03. The molecule has 1 aliphatic carbocycles. The second-order valence-electron chi connectivity index (χ2n) is 8.47. The quantitative estimate of drug-likeness (QED) is 0.562. The van der Waals surface area contributed by atoms with Crippen LogP contribution in [0, 0.1) is 13.8 Å². The lowest BCUT2D eigenvalue weighted by Gasteiger charge is -2.28. The van der Waals surface area contributed by atoms with Crippen molar-refractivity contribution >= 4 is 17.3 Å². The Hall–Kier alpha value is -2.60. The molecule has 1 N–H and O–H groups in total. The molecule has 5 nitrogen and oxygen atoms in total. The first-order valence-corrected chi connectivity index (χ1v) is 11.2. The molecule has 2 fully saturated rings. The van der Waals surface area contributed by atoms with Gasteiger partial charge < -0.3 is 19.2 Å². The van der Waals surface area contributed by atoms with E-state index in [1.54, 1.807) is 6.26 Å². The van der Waals surface area contributed by atoms with Crippen molar-refractivity contribution in [3.05, 3.63) is 77.3 Å². The van der Waals surface area contributed by atoms with Gasteiger partial charge in [0.2, 0.25) is 0 Å². The van der Waals surface area contributed by atoms with Gasteiger partial charge in [-0.15, -0.1) is 0 Å². The van der Waals surface area contributed by atoms with Crippen LogP contribution in [-0.4, -0.2) is 19.6 Å². The summed E-state index contributed by atoms with van der Waals surface area (Å²) < 4.78 is 8.22. The minimum atomic E-state index is 0.00573. The SMILES string of the molecule is Cc1cc([C@H]2[C@H](c3ccccn3)NC(=S)N2Cc2ccco2)c(C)n1C1CCCC1. The first-order valence-electron chi connectivity index (χ1n) is 10.8. The number of furan rings is 1. The van der Waals surface area contributed by atoms with E-state index in [1.807, 2.05) is 30.5 Å². The molecule has 5 rings (SSSR count). The Balaban J connectivity index is 1.58. The average molecular weight is 421 g/mol. The van der Waals surface area contributed by atoms with Crippen molar-refractivity contribution in [1.82, 2.24) is 19.8 Å². The molecule has 0 unspecified atom stereocenters. The Bertz CT molecular complexity index is 1020. The number of aryl methyl sites for hydroxylation is 1. The molecule has 1 aliphatic heterocycles. The van der Waals surface area contributed by atoms with Gasteiger partial charge in [-0.25, -0.2) is 0 Å². The van der Waals surface area contributed by atoms with Gasteiger partial charge in [-0.1, -0.05) is 18.9 Å². The Morgan fingerprint density at radius 2 is 2.00 bits per heavy atom. The largest absolute Gasteiger partial charge is 0.467 e. The number of pyridine rings is 1. The van der Waals surface area contributed by atoms with Crippen molar-refractivity contribution in [2.75, 3.05) is 0 Å². The van der Waals surface area contributed by atoms with E-state index in [-0.39, 0.29) is 12.1 Å². The zero-order valence-electron chi connectivity index (χ0n) is 17.5. The predicted octanol–water partition coefficient (Wildman–Crippen LogP) is 5.38. The summed E-state index contributed by atoms with van der Waals surface area (Å²) in [6.45, 7) is 5.14. The molecule has 0 bridgehead atoms. The molecule has 1 saturated heterocycles. The summed E-state index contributed by atoms with van der Waals surface area (Å²) >= 11 is 5.80. The number of thiocarbonyl (C=S) groups is 1. The molecule has 4 heterocycles. The van der Waals surface area contributed by atoms with Crippen LogP contribution >= 0.6 is 12.2 Å². The van der Waals surface area contributed by atoms with Crippen LogP contribution in [0.25, 0.3) is 0 Å². The third-order valence-electron chi connectivity index (χ3n) is 6.64. The van der Waals surface area contributed by atoms with Gasteiger partial charge in [0.05, 0.1) is 30.6 Å². The summed E-state index contributed by atoms with van der Waals surface area (Å²) in [6, 6.07) is 13.1. The lowest BCUT2D eigenvalue weighted by Crippen LogP contribution is -2.29. The number of hydrogen-bond donors (Lipinski definition) is 1. The van der Waals surface area contributed by atoms with Crippen LogP contribution < -0.4 is 5.32 Å². The number of rotatable bonds is 5. The molecule has 1 saturated carbocycles. The molecule has 3 aromatic heterocycles. The summed E-state index contributed by atoms with van der Waals surface area (Å²) in [5, 5.41) is 4.30. The summed E-state index contributed by atoms with van der Waals surface area (Å²) in [4.78, 5) is 6.92. The van der Waals surface area contributed by atoms with Crippen molar-refractivity contribution < 1.29 is 4.42 Å². The Morgan fingerprint density at radius 3 is 2.70 bits per heavy atom. The van der Waals surface area contributed by atoms with Crippen LogP contribution in [-0.2, 0) is 6.54 Å². The highest BCUT2D eigenvalue weighted by molar-refractivity contribution is 7.80. The van der Waals surface area contributed by atoms with Gasteiger partial charge in [0.25, 0.3) is 0 Å². The van der Waals surface area contributed by atoms with E-state index in [2.05, 4.69) is 45.7 Å². The van der Waals surface area contributed by atoms with Crippen molar-refractivity contribution in [2.45, 2.75) is 64.2 Å². The standard InChI is InChI=1S/C24H28N4OS/c1-16-14-20(17(2)28(16)18-8-3-4-9-18)23-22(21-11-5-6-12-25-21)26-24(30)27(23)15-19-10-7-13-29-19/h5-7,10-14,18,22-23H,3-4,8-9,15H2,1-2H3,(H,26,30)/t22-,23-/m0/s1. The molecule has 0 spiro atoms. The number of nitrogens with zero attached hydrogens (tertiary/aromatic N) is 3. The van der Waals surface area contributed by atoms with E-state index in [9.17, 15) is 0 Å². The summed E-state index contributed by atoms with van der Waals surface area (Å²) in [7, 11) is 0. The first kappa shape index (κ1) is 19.4. The second-order valence-corrected chi connectivity index (χ2v) is 8.86. The summed E-state index contributed by atoms with van der Waals surface area (Å²) in [6.07, 6.45) is 8.78. The zero-order chi connectivity index (χ0) is 20.7. The molecule has 30 heavy (non-hydrogen) atoms. The molecule has 3 aromatic rings. The maximum Gasteiger partial charge on any atom is 0.170 e. The third kappa shape index (κ3) is 3.33. The van der Waals surface area contributed by atoms with Gasteiger partial charge in [0.1, 0.15) is 5.76 Å². The van der Waals surface area contributed by atoms with Crippen molar-refractivity contribution in [1.29, 1.82) is 0 Å². The molecular weight excluding hydrogens is 392 g/mol. The molecule has 2 aliphatic rings. The average Bonchev–Trinajstić information content (AvgIpc) is 3.53. The number of aromatic nitrogens is 2. The Kier molecular flexibility index (Phi) is 5.11. The van der Waals surface area contributed by atoms with Crippen LogP contribution in [0.4, 0.5) is 0 Å². The minimum Gasteiger partial charge on any atom is -0.467 e. The van der Waals surface area contributed by atoms with E-state index >= 15 is 0 Å². The van der Waals surface area contributed by atoms with E-state index < -0.39 is 0 Å². The minimum absolute atomic E-state index is 0.00573. The van der Waals surface area contributed by atoms with Crippen LogP contribution in [0.15, 0.2) is 53.3 Å².